The number of rotatable bonds is 3. The summed E-state index contributed by atoms with van der Waals surface area (Å²) in [6.07, 6.45) is -4.95. The van der Waals surface area contributed by atoms with Crippen molar-refractivity contribution in [2.24, 2.45) is 0 Å². The van der Waals surface area contributed by atoms with E-state index in [4.69, 9.17) is 16.7 Å². The lowest BCUT2D eigenvalue weighted by atomic mass is 9.94. The molecule has 1 aromatic carbocycles. The van der Waals surface area contributed by atoms with Crippen LogP contribution in [0.1, 0.15) is 16.3 Å². The molecule has 20 heavy (non-hydrogen) atoms. The van der Waals surface area contributed by atoms with E-state index in [2.05, 4.69) is 4.98 Å². The molecule has 0 aliphatic carbocycles. The van der Waals surface area contributed by atoms with Crippen molar-refractivity contribution in [3.63, 3.8) is 0 Å². The maximum Gasteiger partial charge on any atom is 0.428 e. The third-order valence-electron chi connectivity index (χ3n) is 2.70. The third kappa shape index (κ3) is 2.54. The van der Waals surface area contributed by atoms with Crippen molar-refractivity contribution in [3.8, 4) is 0 Å². The molecule has 0 saturated carbocycles. The van der Waals surface area contributed by atoms with Gasteiger partial charge in [-0.3, -0.25) is 0 Å². The minimum atomic E-state index is -4.95. The predicted octanol–water partition coefficient (Wildman–Crippen LogP) is 3.09. The Morgan fingerprint density at radius 2 is 1.80 bits per heavy atom. The van der Waals surface area contributed by atoms with Gasteiger partial charge in [-0.2, -0.15) is 13.2 Å². The Labute approximate surface area is 121 Å². The van der Waals surface area contributed by atoms with Gasteiger partial charge in [0.15, 0.2) is 0 Å². The van der Waals surface area contributed by atoms with Crippen LogP contribution in [0.5, 0.6) is 0 Å². The summed E-state index contributed by atoms with van der Waals surface area (Å²) < 4.78 is 39.9. The van der Waals surface area contributed by atoms with Crippen LogP contribution in [0.2, 0.25) is 5.02 Å². The van der Waals surface area contributed by atoms with Crippen LogP contribution in [0.15, 0.2) is 29.6 Å². The average molecular weight is 324 g/mol. The van der Waals surface area contributed by atoms with Crippen molar-refractivity contribution in [3.05, 3.63) is 50.9 Å². The largest absolute Gasteiger partial charge is 0.428 e. The van der Waals surface area contributed by atoms with Crippen LogP contribution in [0.4, 0.5) is 13.2 Å². The molecule has 0 spiro atoms. The highest BCUT2D eigenvalue weighted by molar-refractivity contribution is 7.09. The molecule has 0 fully saturated rings. The summed E-state index contributed by atoms with van der Waals surface area (Å²) in [6, 6.07) is 4.70. The molecule has 2 rings (SSSR count). The second kappa shape index (κ2) is 5.33. The molecule has 0 aliphatic rings. The lowest BCUT2D eigenvalue weighted by molar-refractivity contribution is -0.248. The number of halogens is 4. The zero-order valence-corrected chi connectivity index (χ0v) is 11.4. The number of nitrogens with zero attached hydrogens (tertiary/aromatic N) is 1. The fraction of sp³-hybridized carbons (Fsp3) is 0.250. The molecule has 0 saturated heterocycles. The zero-order valence-electron chi connectivity index (χ0n) is 9.86. The van der Waals surface area contributed by atoms with E-state index in [1.807, 2.05) is 0 Å². The van der Waals surface area contributed by atoms with Crippen LogP contribution in [0, 0.1) is 0 Å². The first-order valence-electron chi connectivity index (χ1n) is 5.40. The highest BCUT2D eigenvalue weighted by Crippen LogP contribution is 2.45. The minimum absolute atomic E-state index is 0.0710. The van der Waals surface area contributed by atoms with E-state index < -0.39 is 23.4 Å². The highest BCUT2D eigenvalue weighted by atomic mass is 35.5. The summed E-state index contributed by atoms with van der Waals surface area (Å²) in [7, 11) is 0. The summed E-state index contributed by atoms with van der Waals surface area (Å²) in [5, 5.41) is 20.1. The van der Waals surface area contributed by atoms with Crippen LogP contribution in [-0.2, 0) is 12.2 Å². The van der Waals surface area contributed by atoms with E-state index in [-0.39, 0.29) is 16.3 Å². The molecular formula is C12H9ClF3NO2S. The summed E-state index contributed by atoms with van der Waals surface area (Å²) in [6.45, 7) is -0.495. The van der Waals surface area contributed by atoms with Crippen molar-refractivity contribution < 1.29 is 23.4 Å². The van der Waals surface area contributed by atoms with Crippen molar-refractivity contribution in [1.29, 1.82) is 0 Å². The Morgan fingerprint density at radius 3 is 2.25 bits per heavy atom. The second-order valence-corrected chi connectivity index (χ2v) is 5.31. The van der Waals surface area contributed by atoms with Gasteiger partial charge in [0.2, 0.25) is 5.60 Å². The molecule has 0 aliphatic heterocycles. The number of hydrogen-bond acceptors (Lipinski definition) is 4. The molecule has 1 aromatic heterocycles. The number of aliphatic hydroxyl groups excluding tert-OH is 1. The van der Waals surface area contributed by atoms with Gasteiger partial charge in [-0.1, -0.05) is 23.7 Å². The molecule has 1 unspecified atom stereocenters. The Bertz CT molecular complexity index is 599. The second-order valence-electron chi connectivity index (χ2n) is 4.02. The van der Waals surface area contributed by atoms with E-state index >= 15 is 0 Å². The van der Waals surface area contributed by atoms with Gasteiger partial charge in [-0.05, 0) is 17.7 Å². The van der Waals surface area contributed by atoms with Crippen molar-refractivity contribution in [1.82, 2.24) is 4.98 Å². The number of hydrogen-bond donors (Lipinski definition) is 2. The van der Waals surface area contributed by atoms with Crippen molar-refractivity contribution >= 4 is 22.9 Å². The van der Waals surface area contributed by atoms with E-state index in [1.54, 1.807) is 0 Å². The quantitative estimate of drug-likeness (QED) is 0.912. The Morgan fingerprint density at radius 1 is 1.20 bits per heavy atom. The highest BCUT2D eigenvalue weighted by Gasteiger charge is 2.58. The van der Waals surface area contributed by atoms with Gasteiger partial charge in [0, 0.05) is 10.4 Å². The van der Waals surface area contributed by atoms with Gasteiger partial charge in [0.25, 0.3) is 0 Å². The molecule has 0 bridgehead atoms. The lowest BCUT2D eigenvalue weighted by Gasteiger charge is -2.29. The van der Waals surface area contributed by atoms with Gasteiger partial charge in [-0.25, -0.2) is 4.98 Å². The van der Waals surface area contributed by atoms with Crippen molar-refractivity contribution in [2.75, 3.05) is 0 Å². The van der Waals surface area contributed by atoms with E-state index in [0.29, 0.717) is 11.3 Å². The number of thiazole rings is 1. The fourth-order valence-corrected chi connectivity index (χ4v) is 2.72. The fourth-order valence-electron chi connectivity index (χ4n) is 1.65. The maximum absolute atomic E-state index is 13.3. The SMILES string of the molecule is OCc1csc(C(O)(c2ccc(Cl)cc2)C(F)(F)F)n1. The average Bonchev–Trinajstić information content (AvgIpc) is 2.86. The molecule has 8 heteroatoms. The Balaban J connectivity index is 2.59. The first kappa shape index (κ1) is 15.2. The molecule has 2 N–H and O–H groups in total. The first-order valence-corrected chi connectivity index (χ1v) is 6.65. The lowest BCUT2D eigenvalue weighted by Crippen LogP contribution is -2.43. The van der Waals surface area contributed by atoms with Gasteiger partial charge in [0.05, 0.1) is 12.3 Å². The molecular weight excluding hydrogens is 315 g/mol. The van der Waals surface area contributed by atoms with Crippen LogP contribution in [0.3, 0.4) is 0 Å². The molecule has 108 valence electrons. The summed E-state index contributed by atoms with van der Waals surface area (Å²) in [4.78, 5) is 3.63. The zero-order chi connectivity index (χ0) is 15.0. The summed E-state index contributed by atoms with van der Waals surface area (Å²) in [5.74, 6) is 0. The molecule has 0 radical (unpaired) electrons. The maximum atomic E-state index is 13.3. The van der Waals surface area contributed by atoms with Crippen LogP contribution >= 0.6 is 22.9 Å². The predicted molar refractivity (Wildman–Crippen MR) is 68.5 cm³/mol. The van der Waals surface area contributed by atoms with E-state index in [9.17, 15) is 18.3 Å². The Kier molecular flexibility index (Phi) is 4.06. The van der Waals surface area contributed by atoms with Gasteiger partial charge in [-0.15, -0.1) is 11.3 Å². The summed E-state index contributed by atoms with van der Waals surface area (Å²) >= 11 is 6.27. The third-order valence-corrected chi connectivity index (χ3v) is 3.95. The molecule has 1 heterocycles. The van der Waals surface area contributed by atoms with E-state index in [1.165, 1.54) is 17.5 Å². The molecule has 2 aromatic rings. The standard InChI is InChI=1S/C12H9ClF3NO2S/c13-8-3-1-7(2-4-8)11(19,12(14,15)16)10-17-9(5-18)6-20-10/h1-4,6,18-19H,5H2. The minimum Gasteiger partial charge on any atom is -0.390 e. The summed E-state index contributed by atoms with van der Waals surface area (Å²) in [5.41, 5.74) is -3.54. The van der Waals surface area contributed by atoms with Gasteiger partial charge in [0.1, 0.15) is 5.01 Å². The molecule has 3 nitrogen and oxygen atoms in total. The smallest absolute Gasteiger partial charge is 0.390 e. The van der Waals surface area contributed by atoms with E-state index in [0.717, 1.165) is 12.1 Å². The van der Waals surface area contributed by atoms with Crippen molar-refractivity contribution in [2.45, 2.75) is 18.4 Å². The number of aromatic nitrogens is 1. The van der Waals surface area contributed by atoms with Crippen LogP contribution < -0.4 is 0 Å². The van der Waals surface area contributed by atoms with Crippen LogP contribution in [0.25, 0.3) is 0 Å². The Hall–Kier alpha value is -1.15. The molecule has 1 atom stereocenters. The normalized spacial score (nSPS) is 15.1. The monoisotopic (exact) mass is 323 g/mol. The first-order chi connectivity index (χ1) is 9.29. The topological polar surface area (TPSA) is 53.4 Å². The number of benzene rings is 1. The van der Waals surface area contributed by atoms with Crippen LogP contribution in [-0.4, -0.2) is 21.4 Å². The van der Waals surface area contributed by atoms with Gasteiger partial charge >= 0.3 is 6.18 Å². The number of aliphatic hydroxyl groups is 2. The van der Waals surface area contributed by atoms with Gasteiger partial charge < -0.3 is 10.2 Å². The number of alkyl halides is 3. The molecule has 0 amide bonds.